The van der Waals surface area contributed by atoms with Gasteiger partial charge < -0.3 is 0 Å². The zero-order valence-corrected chi connectivity index (χ0v) is 13.7. The van der Waals surface area contributed by atoms with Gasteiger partial charge in [-0.25, -0.2) is 0 Å². The maximum absolute atomic E-state index is 12.7. The number of halogens is 2. The fourth-order valence-corrected chi connectivity index (χ4v) is 6.05. The molecule has 1 saturated heterocycles. The summed E-state index contributed by atoms with van der Waals surface area (Å²) in [4.78, 5) is 27.4. The summed E-state index contributed by atoms with van der Waals surface area (Å²) in [5.74, 6) is 0.265. The Balaban J connectivity index is 1.75. The molecular weight excluding hydrogens is 386 g/mol. The second-order valence-electron chi connectivity index (χ2n) is 5.85. The van der Waals surface area contributed by atoms with Crippen LogP contribution in [0.5, 0.6) is 0 Å². The van der Waals surface area contributed by atoms with E-state index in [1.165, 1.54) is 4.90 Å². The van der Waals surface area contributed by atoms with E-state index in [0.717, 1.165) is 6.42 Å². The molecule has 0 N–H and O–H groups in total. The van der Waals surface area contributed by atoms with Crippen LogP contribution in [0.3, 0.4) is 0 Å². The Morgan fingerprint density at radius 1 is 0.900 bits per heavy atom. The van der Waals surface area contributed by atoms with Gasteiger partial charge in [-0.1, -0.05) is 50.1 Å². The van der Waals surface area contributed by atoms with Crippen LogP contribution in [-0.4, -0.2) is 21.5 Å². The lowest BCUT2D eigenvalue weighted by atomic mass is 9.81. The molecule has 0 aromatic heterocycles. The van der Waals surface area contributed by atoms with Gasteiger partial charge in [0.15, 0.2) is 0 Å². The first kappa shape index (κ1) is 13.0. The monoisotopic (exact) mass is 397 g/mol. The van der Waals surface area contributed by atoms with Gasteiger partial charge in [-0.05, 0) is 30.4 Å². The molecule has 1 heterocycles. The maximum Gasteiger partial charge on any atom is 0.238 e. The van der Waals surface area contributed by atoms with Crippen LogP contribution in [0, 0.1) is 23.7 Å². The van der Waals surface area contributed by atoms with Gasteiger partial charge in [0.1, 0.15) is 0 Å². The molecule has 5 heteroatoms. The predicted octanol–water partition coefficient (Wildman–Crippen LogP) is 2.97. The lowest BCUT2D eigenvalue weighted by molar-refractivity contribution is -0.123. The molecule has 6 atom stereocenters. The van der Waals surface area contributed by atoms with E-state index in [1.807, 2.05) is 30.3 Å². The minimum absolute atomic E-state index is 0.0115. The fourth-order valence-electron chi connectivity index (χ4n) is 4.18. The average molecular weight is 399 g/mol. The van der Waals surface area contributed by atoms with Crippen molar-refractivity contribution in [2.45, 2.75) is 16.1 Å². The number of hydrogen-bond donors (Lipinski definition) is 0. The highest BCUT2D eigenvalue weighted by Gasteiger charge is 2.66. The molecule has 3 aliphatic rings. The average Bonchev–Trinajstić information content (AvgIpc) is 3.05. The third-order valence-corrected chi connectivity index (χ3v) is 8.21. The Bertz CT molecular complexity index is 559. The summed E-state index contributed by atoms with van der Waals surface area (Å²) in [6.45, 7) is 0. The molecule has 0 unspecified atom stereocenters. The van der Waals surface area contributed by atoms with Crippen molar-refractivity contribution in [3.63, 3.8) is 0 Å². The highest BCUT2D eigenvalue weighted by atomic mass is 79.9. The number of carbonyl (C=O) groups excluding carboxylic acids is 2. The Morgan fingerprint density at radius 2 is 1.40 bits per heavy atom. The van der Waals surface area contributed by atoms with Crippen molar-refractivity contribution in [1.82, 2.24) is 0 Å². The molecule has 20 heavy (non-hydrogen) atoms. The van der Waals surface area contributed by atoms with Crippen LogP contribution in [0.15, 0.2) is 30.3 Å². The van der Waals surface area contributed by atoms with Crippen molar-refractivity contribution in [3.05, 3.63) is 30.3 Å². The maximum atomic E-state index is 12.7. The number of carbonyl (C=O) groups is 2. The van der Waals surface area contributed by atoms with Gasteiger partial charge in [-0.15, -0.1) is 0 Å². The molecule has 1 aromatic rings. The summed E-state index contributed by atoms with van der Waals surface area (Å²) in [6, 6.07) is 9.27. The largest absolute Gasteiger partial charge is 0.274 e. The Hall–Kier alpha value is -0.680. The van der Waals surface area contributed by atoms with Gasteiger partial charge >= 0.3 is 0 Å². The molecule has 3 nitrogen and oxygen atoms in total. The van der Waals surface area contributed by atoms with E-state index in [1.54, 1.807) is 0 Å². The van der Waals surface area contributed by atoms with Crippen LogP contribution in [0.2, 0.25) is 0 Å². The Kier molecular flexibility index (Phi) is 2.87. The van der Waals surface area contributed by atoms with Crippen molar-refractivity contribution >= 4 is 49.4 Å². The number of alkyl halides is 2. The Labute approximate surface area is 134 Å². The van der Waals surface area contributed by atoms with E-state index >= 15 is 0 Å². The van der Waals surface area contributed by atoms with Gasteiger partial charge in [0.25, 0.3) is 0 Å². The summed E-state index contributed by atoms with van der Waals surface area (Å²) in [7, 11) is 0. The molecule has 0 radical (unpaired) electrons. The van der Waals surface area contributed by atoms with E-state index in [9.17, 15) is 9.59 Å². The highest BCUT2D eigenvalue weighted by Crippen LogP contribution is 2.60. The molecule has 1 aromatic carbocycles. The molecule has 4 rings (SSSR count). The number of imide groups is 1. The minimum Gasteiger partial charge on any atom is -0.274 e. The van der Waals surface area contributed by atoms with Crippen molar-refractivity contribution in [3.8, 4) is 0 Å². The van der Waals surface area contributed by atoms with Gasteiger partial charge in [-0.2, -0.15) is 0 Å². The van der Waals surface area contributed by atoms with Crippen molar-refractivity contribution < 1.29 is 9.59 Å². The molecule has 2 saturated carbocycles. The molecule has 2 aliphatic carbocycles. The molecule has 1 aliphatic heterocycles. The van der Waals surface area contributed by atoms with Gasteiger partial charge in [0, 0.05) is 9.65 Å². The molecule has 2 amide bonds. The normalized spacial score (nSPS) is 42.4. The topological polar surface area (TPSA) is 37.4 Å². The molecule has 104 valence electrons. The molecule has 0 spiro atoms. The molecular formula is C15H13Br2NO2. The fraction of sp³-hybridized carbons (Fsp3) is 0.467. The third kappa shape index (κ3) is 1.51. The van der Waals surface area contributed by atoms with Crippen LogP contribution >= 0.6 is 31.9 Å². The lowest BCUT2D eigenvalue weighted by Gasteiger charge is -2.28. The Morgan fingerprint density at radius 3 is 1.90 bits per heavy atom. The van der Waals surface area contributed by atoms with Gasteiger partial charge in [0.05, 0.1) is 17.5 Å². The molecule has 3 fully saturated rings. The third-order valence-electron chi connectivity index (χ3n) is 5.00. The van der Waals surface area contributed by atoms with Crippen LogP contribution in [0.25, 0.3) is 0 Å². The van der Waals surface area contributed by atoms with E-state index in [-0.39, 0.29) is 35.5 Å². The number of para-hydroxylation sites is 1. The number of benzene rings is 1. The van der Waals surface area contributed by atoms with E-state index in [2.05, 4.69) is 31.9 Å². The first-order chi connectivity index (χ1) is 9.61. The number of amides is 2. The highest BCUT2D eigenvalue weighted by molar-refractivity contribution is 9.12. The number of hydrogen-bond acceptors (Lipinski definition) is 2. The van der Waals surface area contributed by atoms with Crippen molar-refractivity contribution in [2.75, 3.05) is 4.90 Å². The van der Waals surface area contributed by atoms with E-state index in [4.69, 9.17) is 0 Å². The second kappa shape index (κ2) is 4.41. The number of fused-ring (bicyclic) bond motifs is 5. The summed E-state index contributed by atoms with van der Waals surface area (Å²) in [5.41, 5.74) is 0.702. The number of anilines is 1. The lowest BCUT2D eigenvalue weighted by Crippen LogP contribution is -2.37. The summed E-state index contributed by atoms with van der Waals surface area (Å²) in [6.07, 6.45) is 0.973. The van der Waals surface area contributed by atoms with Crippen LogP contribution < -0.4 is 4.90 Å². The number of nitrogens with zero attached hydrogens (tertiary/aromatic N) is 1. The predicted molar refractivity (Wildman–Crippen MR) is 82.9 cm³/mol. The first-order valence-corrected chi connectivity index (χ1v) is 8.65. The second-order valence-corrected chi connectivity index (χ2v) is 7.97. The van der Waals surface area contributed by atoms with Gasteiger partial charge in [0.2, 0.25) is 11.8 Å². The van der Waals surface area contributed by atoms with Crippen LogP contribution in [-0.2, 0) is 9.59 Å². The zero-order chi connectivity index (χ0) is 14.0. The van der Waals surface area contributed by atoms with Crippen molar-refractivity contribution in [2.24, 2.45) is 23.7 Å². The number of rotatable bonds is 1. The molecule has 2 bridgehead atoms. The smallest absolute Gasteiger partial charge is 0.238 e. The van der Waals surface area contributed by atoms with E-state index < -0.39 is 0 Å². The summed E-state index contributed by atoms with van der Waals surface area (Å²) >= 11 is 7.38. The SMILES string of the molecule is O=C1[C@H]2[C@@H]3C[C@H]([C@@H](Br)[C@H]3Br)[C@@H]2C(=O)N1c1ccccc1. The summed E-state index contributed by atoms with van der Waals surface area (Å²) in [5, 5.41) is 0. The first-order valence-electron chi connectivity index (χ1n) is 6.82. The quantitative estimate of drug-likeness (QED) is 0.538. The van der Waals surface area contributed by atoms with Crippen molar-refractivity contribution in [1.29, 1.82) is 0 Å². The van der Waals surface area contributed by atoms with Crippen LogP contribution in [0.4, 0.5) is 5.69 Å². The van der Waals surface area contributed by atoms with Gasteiger partial charge in [-0.3, -0.25) is 14.5 Å². The van der Waals surface area contributed by atoms with Crippen LogP contribution in [0.1, 0.15) is 6.42 Å². The standard InChI is InChI=1S/C15H13Br2NO2/c16-12-8-6-9(13(12)17)11-10(8)14(19)18(15(11)20)7-4-2-1-3-5-7/h1-5,8-13H,6H2/t8-,9-,10-,11-,12-,13+/m0/s1. The minimum atomic E-state index is -0.133. The summed E-state index contributed by atoms with van der Waals surface area (Å²) < 4.78 is 0. The zero-order valence-electron chi connectivity index (χ0n) is 10.6. The van der Waals surface area contributed by atoms with E-state index in [0.29, 0.717) is 15.3 Å².